The molecule has 1 amide bonds. The summed E-state index contributed by atoms with van der Waals surface area (Å²) in [4.78, 5) is 23.1. The topological polar surface area (TPSA) is 64.6 Å². The number of esters is 1. The predicted molar refractivity (Wildman–Crippen MR) is 73.7 cm³/mol. The van der Waals surface area contributed by atoms with E-state index in [4.69, 9.17) is 9.47 Å². The van der Waals surface area contributed by atoms with Crippen LogP contribution < -0.4 is 10.1 Å². The summed E-state index contributed by atoms with van der Waals surface area (Å²) in [5.74, 6) is 0.0157. The Morgan fingerprint density at radius 1 is 1.35 bits per heavy atom. The number of hydrogen-bond donors (Lipinski definition) is 1. The van der Waals surface area contributed by atoms with Crippen LogP contribution >= 0.6 is 0 Å². The quantitative estimate of drug-likeness (QED) is 0.659. The molecule has 1 atom stereocenters. The van der Waals surface area contributed by atoms with Gasteiger partial charge < -0.3 is 14.8 Å². The van der Waals surface area contributed by atoms with Gasteiger partial charge >= 0.3 is 5.97 Å². The molecule has 108 valence electrons. The van der Waals surface area contributed by atoms with Crippen molar-refractivity contribution in [3.05, 3.63) is 29.8 Å². The lowest BCUT2D eigenvalue weighted by Crippen LogP contribution is -2.31. The van der Waals surface area contributed by atoms with Crippen LogP contribution in [0.1, 0.15) is 36.5 Å². The molecule has 2 rings (SSSR count). The van der Waals surface area contributed by atoms with Crippen molar-refractivity contribution in [1.82, 2.24) is 5.32 Å². The number of nitrogens with one attached hydrogen (secondary N) is 1. The van der Waals surface area contributed by atoms with E-state index in [0.717, 1.165) is 19.4 Å². The molecular formula is C15H19NO4. The van der Waals surface area contributed by atoms with Gasteiger partial charge in [-0.2, -0.15) is 0 Å². The smallest absolute Gasteiger partial charge is 0.310 e. The molecule has 0 radical (unpaired) electrons. The molecule has 1 aliphatic heterocycles. The summed E-state index contributed by atoms with van der Waals surface area (Å²) in [7, 11) is 0. The van der Waals surface area contributed by atoms with Crippen LogP contribution in [-0.2, 0) is 9.53 Å². The summed E-state index contributed by atoms with van der Waals surface area (Å²) in [6.07, 6.45) is 2.50. The summed E-state index contributed by atoms with van der Waals surface area (Å²) in [6, 6.07) is 6.52. The highest BCUT2D eigenvalue weighted by Gasteiger charge is 2.16. The number of carbonyl (C=O) groups is 2. The Morgan fingerprint density at radius 3 is 2.70 bits per heavy atom. The predicted octanol–water partition coefficient (Wildman–Crippen LogP) is 1.91. The maximum Gasteiger partial charge on any atom is 0.310 e. The second-order valence-corrected chi connectivity index (χ2v) is 4.70. The monoisotopic (exact) mass is 277 g/mol. The van der Waals surface area contributed by atoms with Crippen LogP contribution in [0.2, 0.25) is 0 Å². The fourth-order valence-electron chi connectivity index (χ4n) is 1.99. The Bertz CT molecular complexity index is 463. The molecule has 1 saturated heterocycles. The van der Waals surface area contributed by atoms with Crippen LogP contribution in [0.4, 0.5) is 0 Å². The molecule has 20 heavy (non-hydrogen) atoms. The Hall–Kier alpha value is -1.88. The van der Waals surface area contributed by atoms with E-state index in [1.165, 1.54) is 0 Å². The summed E-state index contributed by atoms with van der Waals surface area (Å²) in [5.41, 5.74) is 0.541. The first-order chi connectivity index (χ1) is 9.69. The van der Waals surface area contributed by atoms with Gasteiger partial charge in [0.2, 0.25) is 0 Å². The minimum absolute atomic E-state index is 0.128. The number of benzene rings is 1. The number of rotatable bonds is 5. The van der Waals surface area contributed by atoms with Crippen LogP contribution in [-0.4, -0.2) is 31.1 Å². The SMILES string of the molecule is CCC(=O)Oc1ccc(C(=O)NCC2CCCO2)cc1. The van der Waals surface area contributed by atoms with Crippen LogP contribution in [0, 0.1) is 0 Å². The summed E-state index contributed by atoms with van der Waals surface area (Å²) >= 11 is 0. The standard InChI is InChI=1S/C15H19NO4/c1-2-14(17)20-12-7-5-11(6-8-12)15(18)16-10-13-4-3-9-19-13/h5-8,13H,2-4,9-10H2,1H3,(H,16,18). The lowest BCUT2D eigenvalue weighted by Gasteiger charge is -2.11. The molecule has 1 aromatic rings. The molecule has 0 spiro atoms. The average Bonchev–Trinajstić information content (AvgIpc) is 2.98. The summed E-state index contributed by atoms with van der Waals surface area (Å²) in [6.45, 7) is 3.04. The maximum atomic E-state index is 11.9. The van der Waals surface area contributed by atoms with Crippen molar-refractivity contribution in [3.63, 3.8) is 0 Å². The van der Waals surface area contributed by atoms with Crippen molar-refractivity contribution in [3.8, 4) is 5.75 Å². The van der Waals surface area contributed by atoms with Crippen molar-refractivity contribution in [2.75, 3.05) is 13.2 Å². The Kier molecular flexibility index (Phi) is 5.12. The number of hydrogen-bond acceptors (Lipinski definition) is 4. The maximum absolute atomic E-state index is 11.9. The van der Waals surface area contributed by atoms with Gasteiger partial charge in [0, 0.05) is 25.1 Å². The highest BCUT2D eigenvalue weighted by molar-refractivity contribution is 5.94. The van der Waals surface area contributed by atoms with Gasteiger partial charge in [0.05, 0.1) is 6.10 Å². The van der Waals surface area contributed by atoms with Crippen molar-refractivity contribution in [1.29, 1.82) is 0 Å². The fraction of sp³-hybridized carbons (Fsp3) is 0.467. The minimum Gasteiger partial charge on any atom is -0.427 e. The summed E-state index contributed by atoms with van der Waals surface area (Å²) in [5, 5.41) is 2.84. The second-order valence-electron chi connectivity index (χ2n) is 4.70. The van der Waals surface area contributed by atoms with E-state index < -0.39 is 0 Å². The first kappa shape index (κ1) is 14.5. The molecule has 1 N–H and O–H groups in total. The number of ether oxygens (including phenoxy) is 2. The molecule has 1 aliphatic rings. The van der Waals surface area contributed by atoms with Crippen LogP contribution in [0.25, 0.3) is 0 Å². The van der Waals surface area contributed by atoms with E-state index >= 15 is 0 Å². The first-order valence-corrected chi connectivity index (χ1v) is 6.89. The molecule has 0 aromatic heterocycles. The first-order valence-electron chi connectivity index (χ1n) is 6.89. The second kappa shape index (κ2) is 7.05. The molecular weight excluding hydrogens is 258 g/mol. The third-order valence-corrected chi connectivity index (χ3v) is 3.15. The molecule has 1 heterocycles. The zero-order valence-corrected chi connectivity index (χ0v) is 11.6. The third-order valence-electron chi connectivity index (χ3n) is 3.15. The van der Waals surface area contributed by atoms with Gasteiger partial charge in [0.15, 0.2) is 0 Å². The van der Waals surface area contributed by atoms with E-state index in [2.05, 4.69) is 5.32 Å². The van der Waals surface area contributed by atoms with Crippen molar-refractivity contribution < 1.29 is 19.1 Å². The summed E-state index contributed by atoms with van der Waals surface area (Å²) < 4.78 is 10.5. The van der Waals surface area contributed by atoms with Crippen LogP contribution in [0.15, 0.2) is 24.3 Å². The van der Waals surface area contributed by atoms with Gasteiger partial charge in [-0.25, -0.2) is 0 Å². The molecule has 5 nitrogen and oxygen atoms in total. The lowest BCUT2D eigenvalue weighted by molar-refractivity contribution is -0.134. The average molecular weight is 277 g/mol. The zero-order valence-electron chi connectivity index (χ0n) is 11.6. The lowest BCUT2D eigenvalue weighted by atomic mass is 10.2. The van der Waals surface area contributed by atoms with Crippen molar-refractivity contribution in [2.45, 2.75) is 32.3 Å². The number of carbonyl (C=O) groups excluding carboxylic acids is 2. The highest BCUT2D eigenvalue weighted by Crippen LogP contribution is 2.14. The van der Waals surface area contributed by atoms with Gasteiger partial charge in [-0.1, -0.05) is 6.92 Å². The molecule has 0 aliphatic carbocycles. The Morgan fingerprint density at radius 2 is 2.10 bits per heavy atom. The van der Waals surface area contributed by atoms with Crippen LogP contribution in [0.3, 0.4) is 0 Å². The van der Waals surface area contributed by atoms with Gasteiger partial charge in [0.25, 0.3) is 5.91 Å². The Labute approximate surface area is 118 Å². The van der Waals surface area contributed by atoms with E-state index in [1.54, 1.807) is 31.2 Å². The van der Waals surface area contributed by atoms with E-state index in [-0.39, 0.29) is 18.0 Å². The third kappa shape index (κ3) is 4.06. The van der Waals surface area contributed by atoms with E-state index in [9.17, 15) is 9.59 Å². The van der Waals surface area contributed by atoms with E-state index in [0.29, 0.717) is 24.3 Å². The molecule has 0 saturated carbocycles. The van der Waals surface area contributed by atoms with Gasteiger partial charge in [-0.05, 0) is 37.1 Å². The highest BCUT2D eigenvalue weighted by atomic mass is 16.5. The van der Waals surface area contributed by atoms with Crippen molar-refractivity contribution in [2.24, 2.45) is 0 Å². The molecule has 5 heteroatoms. The number of amides is 1. The Balaban J connectivity index is 1.85. The minimum atomic E-state index is -0.291. The van der Waals surface area contributed by atoms with Gasteiger partial charge in [-0.15, -0.1) is 0 Å². The normalized spacial score (nSPS) is 17.8. The fourth-order valence-corrected chi connectivity index (χ4v) is 1.99. The van der Waals surface area contributed by atoms with Crippen molar-refractivity contribution >= 4 is 11.9 Å². The zero-order chi connectivity index (χ0) is 14.4. The largest absolute Gasteiger partial charge is 0.427 e. The van der Waals surface area contributed by atoms with E-state index in [1.807, 2.05) is 0 Å². The molecule has 1 fully saturated rings. The van der Waals surface area contributed by atoms with Gasteiger partial charge in [0.1, 0.15) is 5.75 Å². The molecule has 1 unspecified atom stereocenters. The van der Waals surface area contributed by atoms with Crippen LogP contribution in [0.5, 0.6) is 5.75 Å². The molecule has 1 aromatic carbocycles. The van der Waals surface area contributed by atoms with Gasteiger partial charge in [-0.3, -0.25) is 9.59 Å². The molecule has 0 bridgehead atoms.